The number of rotatable bonds is 10. The number of methoxy groups -OCH3 is 1. The molecule has 0 aliphatic carbocycles. The summed E-state index contributed by atoms with van der Waals surface area (Å²) in [4.78, 5) is 21.8. The van der Waals surface area contributed by atoms with E-state index < -0.39 is 11.9 Å². The van der Waals surface area contributed by atoms with E-state index in [4.69, 9.17) is 32.9 Å². The van der Waals surface area contributed by atoms with Gasteiger partial charge in [-0.25, -0.2) is 9.97 Å². The fourth-order valence-electron chi connectivity index (χ4n) is 3.20. The highest BCUT2D eigenvalue weighted by molar-refractivity contribution is 7.16. The zero-order chi connectivity index (χ0) is 23.3. The third kappa shape index (κ3) is 6.34. The van der Waals surface area contributed by atoms with Gasteiger partial charge in [-0.05, 0) is 36.5 Å². The van der Waals surface area contributed by atoms with Crippen LogP contribution in [0.4, 0.5) is 5.13 Å². The zero-order valence-electron chi connectivity index (χ0n) is 18.1. The lowest BCUT2D eigenvalue weighted by atomic mass is 10.0. The molecule has 0 aliphatic rings. The number of anilines is 1. The molecule has 0 amide bonds. The van der Waals surface area contributed by atoms with Crippen molar-refractivity contribution >= 4 is 45.6 Å². The summed E-state index contributed by atoms with van der Waals surface area (Å²) in [7, 11) is 1.54. The fraction of sp³-hybridized carbons (Fsp3) is 0.348. The number of pyridine rings is 1. The van der Waals surface area contributed by atoms with E-state index in [1.807, 2.05) is 18.2 Å². The Kier molecular flexibility index (Phi) is 8.34. The predicted molar refractivity (Wildman–Crippen MR) is 130 cm³/mol. The molecule has 0 bridgehead atoms. The van der Waals surface area contributed by atoms with Crippen LogP contribution in [0.2, 0.25) is 10.0 Å². The molecule has 0 saturated heterocycles. The number of aliphatic carboxylic acids is 1. The first-order valence-corrected chi connectivity index (χ1v) is 11.7. The van der Waals surface area contributed by atoms with Gasteiger partial charge in [0, 0.05) is 29.2 Å². The van der Waals surface area contributed by atoms with Crippen LogP contribution in [-0.4, -0.2) is 34.7 Å². The highest BCUT2D eigenvalue weighted by Gasteiger charge is 2.21. The topological polar surface area (TPSA) is 84.3 Å². The lowest BCUT2D eigenvalue weighted by Gasteiger charge is -2.13. The van der Waals surface area contributed by atoms with Crippen LogP contribution in [0.1, 0.15) is 24.3 Å². The van der Waals surface area contributed by atoms with Crippen LogP contribution in [0.15, 0.2) is 36.5 Å². The number of nitrogens with zero attached hydrogens (tertiary/aromatic N) is 2. The molecule has 2 heterocycles. The fourth-order valence-corrected chi connectivity index (χ4v) is 4.70. The summed E-state index contributed by atoms with van der Waals surface area (Å²) in [5, 5.41) is 14.6. The summed E-state index contributed by atoms with van der Waals surface area (Å²) in [6, 6.07) is 9.02. The number of hydrogen-bond acceptors (Lipinski definition) is 6. The quantitative estimate of drug-likeness (QED) is 0.356. The average Bonchev–Trinajstić information content (AvgIpc) is 3.15. The first-order chi connectivity index (χ1) is 15.3. The Morgan fingerprint density at radius 1 is 1.19 bits per heavy atom. The third-order valence-corrected chi connectivity index (χ3v) is 6.60. The molecule has 2 N–H and O–H groups in total. The number of aromatic nitrogens is 2. The van der Waals surface area contributed by atoms with Gasteiger partial charge in [-0.1, -0.05) is 49.2 Å². The van der Waals surface area contributed by atoms with Crippen LogP contribution in [0.3, 0.4) is 0 Å². The van der Waals surface area contributed by atoms with Gasteiger partial charge in [0.1, 0.15) is 0 Å². The van der Waals surface area contributed by atoms with E-state index in [1.54, 1.807) is 25.4 Å². The minimum absolute atomic E-state index is 0.247. The SMILES string of the molecule is COc1ccc(CC(CNc2nc(-c3ccc(Cl)c(Cl)c3)c(CC(C)C)s2)C(=O)O)cn1. The summed E-state index contributed by atoms with van der Waals surface area (Å²) in [5.41, 5.74) is 2.56. The molecule has 1 unspecified atom stereocenters. The Morgan fingerprint density at radius 3 is 2.56 bits per heavy atom. The van der Waals surface area contributed by atoms with Gasteiger partial charge < -0.3 is 15.2 Å². The van der Waals surface area contributed by atoms with E-state index in [9.17, 15) is 9.90 Å². The first-order valence-electron chi connectivity index (χ1n) is 10.2. The van der Waals surface area contributed by atoms with Gasteiger partial charge in [0.25, 0.3) is 0 Å². The number of hydrogen-bond donors (Lipinski definition) is 2. The third-order valence-electron chi connectivity index (χ3n) is 4.82. The molecular weight excluding hydrogens is 469 g/mol. The number of thiazole rings is 1. The zero-order valence-corrected chi connectivity index (χ0v) is 20.4. The minimum atomic E-state index is -0.878. The molecule has 0 radical (unpaired) electrons. The second-order valence-electron chi connectivity index (χ2n) is 7.85. The van der Waals surface area contributed by atoms with Crippen LogP contribution >= 0.6 is 34.5 Å². The van der Waals surface area contributed by atoms with Gasteiger partial charge in [-0.2, -0.15) is 0 Å². The minimum Gasteiger partial charge on any atom is -0.481 e. The lowest BCUT2D eigenvalue weighted by molar-refractivity contribution is -0.141. The number of nitrogens with one attached hydrogen (secondary N) is 1. The summed E-state index contributed by atoms with van der Waals surface area (Å²) < 4.78 is 5.06. The van der Waals surface area contributed by atoms with Crippen molar-refractivity contribution in [3.8, 4) is 17.1 Å². The van der Waals surface area contributed by atoms with Gasteiger partial charge in [0.15, 0.2) is 5.13 Å². The van der Waals surface area contributed by atoms with Crippen molar-refractivity contribution in [1.82, 2.24) is 9.97 Å². The number of carbonyl (C=O) groups is 1. The Morgan fingerprint density at radius 2 is 1.97 bits per heavy atom. The van der Waals surface area contributed by atoms with Crippen molar-refractivity contribution in [2.75, 3.05) is 19.0 Å². The summed E-state index contributed by atoms with van der Waals surface area (Å²) in [6.07, 6.45) is 2.85. The van der Waals surface area contributed by atoms with Gasteiger partial charge in [-0.3, -0.25) is 4.79 Å². The predicted octanol–water partition coefficient (Wildman–Crippen LogP) is 6.07. The second-order valence-corrected chi connectivity index (χ2v) is 9.74. The molecule has 0 aliphatic heterocycles. The molecule has 9 heteroatoms. The smallest absolute Gasteiger partial charge is 0.308 e. The van der Waals surface area contributed by atoms with Gasteiger partial charge in [0.2, 0.25) is 5.88 Å². The first kappa shape index (κ1) is 24.3. The molecule has 0 saturated carbocycles. The molecule has 0 spiro atoms. The maximum absolute atomic E-state index is 11.8. The Hall–Kier alpha value is -2.35. The molecule has 32 heavy (non-hydrogen) atoms. The molecule has 3 rings (SSSR count). The molecule has 1 atom stereocenters. The number of ether oxygens (including phenoxy) is 1. The normalized spacial score (nSPS) is 12.1. The van der Waals surface area contributed by atoms with E-state index in [1.165, 1.54) is 11.3 Å². The molecule has 2 aromatic heterocycles. The van der Waals surface area contributed by atoms with Gasteiger partial charge in [-0.15, -0.1) is 11.3 Å². The van der Waals surface area contributed by atoms with Crippen LogP contribution in [0, 0.1) is 11.8 Å². The maximum Gasteiger partial charge on any atom is 0.308 e. The number of halogens is 2. The van der Waals surface area contributed by atoms with Crippen molar-refractivity contribution in [3.05, 3.63) is 57.0 Å². The molecule has 1 aromatic carbocycles. The molecule has 0 fully saturated rings. The summed E-state index contributed by atoms with van der Waals surface area (Å²) >= 11 is 13.8. The highest BCUT2D eigenvalue weighted by atomic mass is 35.5. The van der Waals surface area contributed by atoms with Gasteiger partial charge >= 0.3 is 5.97 Å². The van der Waals surface area contributed by atoms with Gasteiger partial charge in [0.05, 0.1) is 28.8 Å². The van der Waals surface area contributed by atoms with E-state index in [-0.39, 0.29) is 6.54 Å². The van der Waals surface area contributed by atoms with Crippen LogP contribution < -0.4 is 10.1 Å². The van der Waals surface area contributed by atoms with E-state index in [0.717, 1.165) is 28.1 Å². The maximum atomic E-state index is 11.8. The highest BCUT2D eigenvalue weighted by Crippen LogP contribution is 2.35. The monoisotopic (exact) mass is 493 g/mol. The van der Waals surface area contributed by atoms with E-state index >= 15 is 0 Å². The summed E-state index contributed by atoms with van der Waals surface area (Å²) in [5.74, 6) is -0.568. The van der Waals surface area contributed by atoms with Crippen molar-refractivity contribution in [1.29, 1.82) is 0 Å². The molecular formula is C23H25Cl2N3O3S. The van der Waals surface area contributed by atoms with Crippen LogP contribution in [-0.2, 0) is 17.6 Å². The lowest BCUT2D eigenvalue weighted by Crippen LogP contribution is -2.25. The van der Waals surface area contributed by atoms with E-state index in [0.29, 0.717) is 33.4 Å². The van der Waals surface area contributed by atoms with Crippen molar-refractivity contribution in [2.45, 2.75) is 26.7 Å². The number of benzene rings is 1. The standard InChI is InChI=1S/C23H25Cl2N3O3S/c1-13(2)8-19-21(15-5-6-17(24)18(25)10-15)28-23(32-19)27-12-16(22(29)30)9-14-4-7-20(31-3)26-11-14/h4-7,10-11,13,16H,8-9,12H2,1-3H3,(H,27,28)(H,29,30). The average molecular weight is 494 g/mol. The number of carboxylic acid groups (broad SMARTS) is 1. The second kappa shape index (κ2) is 11.0. The largest absolute Gasteiger partial charge is 0.481 e. The molecule has 3 aromatic rings. The molecule has 170 valence electrons. The Balaban J connectivity index is 1.78. The van der Waals surface area contributed by atoms with Crippen LogP contribution in [0.25, 0.3) is 11.3 Å². The summed E-state index contributed by atoms with van der Waals surface area (Å²) in [6.45, 7) is 4.54. The van der Waals surface area contributed by atoms with E-state index in [2.05, 4.69) is 24.1 Å². The molecule has 6 nitrogen and oxygen atoms in total. The Labute approximate surface area is 201 Å². The van der Waals surface area contributed by atoms with Crippen molar-refractivity contribution in [2.24, 2.45) is 11.8 Å². The van der Waals surface area contributed by atoms with Crippen LogP contribution in [0.5, 0.6) is 5.88 Å². The van der Waals surface area contributed by atoms with Crippen molar-refractivity contribution < 1.29 is 14.6 Å². The number of carboxylic acids is 1. The van der Waals surface area contributed by atoms with Crippen molar-refractivity contribution in [3.63, 3.8) is 0 Å². The Bertz CT molecular complexity index is 1070.